The molecule has 0 aliphatic carbocycles. The molecule has 1 radical (unpaired) electrons. The maximum atomic E-state index is 12.2. The van der Waals surface area contributed by atoms with Crippen LogP contribution in [0, 0.1) is 12.4 Å². The zero-order valence-corrected chi connectivity index (χ0v) is 5.14. The van der Waals surface area contributed by atoms with Gasteiger partial charge in [0.1, 0.15) is 11.6 Å². The Morgan fingerprint density at radius 3 is 2.10 bits per heavy atom. The molecule has 0 amide bonds. The van der Waals surface area contributed by atoms with Crippen molar-refractivity contribution in [3.63, 3.8) is 0 Å². The smallest absolute Gasteiger partial charge is 0.130 e. The molecule has 0 saturated carbocycles. The highest BCUT2D eigenvalue weighted by molar-refractivity contribution is 5.54. The summed E-state index contributed by atoms with van der Waals surface area (Å²) in [4.78, 5) is 0. The first-order valence-electron chi connectivity index (χ1n) is 2.74. The second kappa shape index (κ2) is 2.60. The lowest BCUT2D eigenvalue weighted by molar-refractivity contribution is 0.627. The molecule has 1 aromatic carbocycles. The molecule has 0 aliphatic heterocycles. The molecule has 0 nitrogen and oxygen atoms in total. The monoisotopic (exact) mass is 139 g/mol. The van der Waals surface area contributed by atoms with Crippen LogP contribution in [0.1, 0.15) is 5.56 Å². The third-order valence-electron chi connectivity index (χ3n) is 1.12. The van der Waals surface area contributed by atoms with E-state index in [4.69, 9.17) is 6.58 Å². The highest BCUT2D eigenvalue weighted by Crippen LogP contribution is 2.12. The number of rotatable bonds is 1. The summed E-state index contributed by atoms with van der Waals surface area (Å²) < 4.78 is 24.3. The third-order valence-corrected chi connectivity index (χ3v) is 1.12. The molecule has 0 fully saturated rings. The fourth-order valence-electron chi connectivity index (χ4n) is 0.609. The van der Waals surface area contributed by atoms with Gasteiger partial charge >= 0.3 is 0 Å². The van der Waals surface area contributed by atoms with E-state index < -0.39 is 11.6 Å². The predicted molar refractivity (Wildman–Crippen MR) is 35.2 cm³/mol. The maximum Gasteiger partial charge on any atom is 0.130 e. The highest BCUT2D eigenvalue weighted by atomic mass is 19.1. The van der Waals surface area contributed by atoms with Crippen LogP contribution in [-0.2, 0) is 0 Å². The first kappa shape index (κ1) is 6.93. The molecule has 2 heteroatoms. The van der Waals surface area contributed by atoms with Gasteiger partial charge in [-0.05, 0) is 30.8 Å². The number of benzene rings is 1. The van der Waals surface area contributed by atoms with Crippen molar-refractivity contribution in [1.29, 1.82) is 0 Å². The molecule has 0 aliphatic rings. The van der Waals surface area contributed by atoms with Crippen molar-refractivity contribution in [2.45, 2.75) is 0 Å². The molecule has 0 saturated heterocycles. The molecule has 1 aromatic rings. The van der Waals surface area contributed by atoms with Crippen molar-refractivity contribution in [1.82, 2.24) is 0 Å². The molecule has 51 valence electrons. The van der Waals surface area contributed by atoms with Crippen LogP contribution in [-0.4, -0.2) is 0 Å². The minimum Gasteiger partial charge on any atom is -0.207 e. The summed E-state index contributed by atoms with van der Waals surface area (Å²) in [5.41, 5.74) is 0.210. The van der Waals surface area contributed by atoms with Crippen molar-refractivity contribution in [3.05, 3.63) is 42.2 Å². The summed E-state index contributed by atoms with van der Waals surface area (Å²) in [5, 5.41) is 0. The topological polar surface area (TPSA) is 0 Å². The minimum atomic E-state index is -0.792. The average Bonchev–Trinajstić information content (AvgIpc) is 1.88. The van der Waals surface area contributed by atoms with Gasteiger partial charge in [-0.15, -0.1) is 0 Å². The Morgan fingerprint density at radius 2 is 1.70 bits per heavy atom. The van der Waals surface area contributed by atoms with Crippen LogP contribution in [0.3, 0.4) is 0 Å². The largest absolute Gasteiger partial charge is 0.207 e. The second-order valence-corrected chi connectivity index (χ2v) is 1.85. The lowest BCUT2D eigenvalue weighted by atomic mass is 10.2. The van der Waals surface area contributed by atoms with Gasteiger partial charge in [-0.3, -0.25) is 0 Å². The van der Waals surface area contributed by atoms with Gasteiger partial charge in [0.15, 0.2) is 0 Å². The molecule has 0 N–H and O–H groups in total. The van der Waals surface area contributed by atoms with Crippen molar-refractivity contribution in [2.75, 3.05) is 0 Å². The molecule has 1 rings (SSSR count). The van der Waals surface area contributed by atoms with Crippen LogP contribution >= 0.6 is 0 Å². The quantitative estimate of drug-likeness (QED) is 0.561. The van der Waals surface area contributed by atoms with E-state index >= 15 is 0 Å². The lowest BCUT2D eigenvalue weighted by Gasteiger charge is -1.92. The summed E-state index contributed by atoms with van der Waals surface area (Å²) in [6.45, 7) is 4.79. The van der Waals surface area contributed by atoms with E-state index in [0.717, 1.165) is 12.1 Å². The standard InChI is InChI=1S/C8H5F2/c1-6(9)7-2-4-8(10)5-3-7/h1-5H. The zero-order valence-electron chi connectivity index (χ0n) is 5.14. The summed E-state index contributed by atoms with van der Waals surface area (Å²) in [5.74, 6) is -1.19. The van der Waals surface area contributed by atoms with Gasteiger partial charge in [-0.1, -0.05) is 0 Å². The molecule has 0 atom stereocenters. The molecule has 0 heterocycles. The van der Waals surface area contributed by atoms with E-state index in [-0.39, 0.29) is 5.56 Å². The van der Waals surface area contributed by atoms with E-state index in [1.165, 1.54) is 12.1 Å². The first-order valence-corrected chi connectivity index (χ1v) is 2.74. The first-order chi connectivity index (χ1) is 4.70. The van der Waals surface area contributed by atoms with Gasteiger partial charge in [0, 0.05) is 5.56 Å². The summed E-state index contributed by atoms with van der Waals surface area (Å²) >= 11 is 0. The summed E-state index contributed by atoms with van der Waals surface area (Å²) in [7, 11) is 0. The van der Waals surface area contributed by atoms with Gasteiger partial charge < -0.3 is 0 Å². The van der Waals surface area contributed by atoms with Crippen molar-refractivity contribution in [2.24, 2.45) is 0 Å². The van der Waals surface area contributed by atoms with Crippen molar-refractivity contribution >= 4 is 5.83 Å². The van der Waals surface area contributed by atoms with E-state index in [9.17, 15) is 8.78 Å². The van der Waals surface area contributed by atoms with Crippen LogP contribution in [0.5, 0.6) is 0 Å². The van der Waals surface area contributed by atoms with E-state index in [1.54, 1.807) is 0 Å². The second-order valence-electron chi connectivity index (χ2n) is 1.85. The molecular weight excluding hydrogens is 134 g/mol. The molecule has 0 unspecified atom stereocenters. The van der Waals surface area contributed by atoms with Gasteiger partial charge in [-0.2, -0.15) is 0 Å². The Balaban J connectivity index is 3.00. The zero-order chi connectivity index (χ0) is 7.56. The normalized spacial score (nSPS) is 9.40. The van der Waals surface area contributed by atoms with E-state index in [0.29, 0.717) is 0 Å². The van der Waals surface area contributed by atoms with Crippen LogP contribution in [0.15, 0.2) is 24.3 Å². The van der Waals surface area contributed by atoms with E-state index in [2.05, 4.69) is 0 Å². The van der Waals surface area contributed by atoms with Gasteiger partial charge in [0.25, 0.3) is 0 Å². The molecule has 0 aromatic heterocycles. The molecule has 10 heavy (non-hydrogen) atoms. The van der Waals surface area contributed by atoms with Gasteiger partial charge in [0.05, 0.1) is 0 Å². The fraction of sp³-hybridized carbons (Fsp3) is 0. The highest BCUT2D eigenvalue weighted by Gasteiger charge is 1.95. The van der Waals surface area contributed by atoms with Crippen LogP contribution in [0.4, 0.5) is 8.78 Å². The van der Waals surface area contributed by atoms with Crippen LogP contribution in [0.2, 0.25) is 0 Å². The van der Waals surface area contributed by atoms with Gasteiger partial charge in [-0.25, -0.2) is 8.78 Å². The molecular formula is C8H5F2. The van der Waals surface area contributed by atoms with Crippen LogP contribution in [0.25, 0.3) is 5.83 Å². The molecule has 0 bridgehead atoms. The minimum absolute atomic E-state index is 0.210. The lowest BCUT2D eigenvalue weighted by Crippen LogP contribution is -1.76. The summed E-state index contributed by atoms with van der Waals surface area (Å²) in [6.07, 6.45) is 0. The summed E-state index contributed by atoms with van der Waals surface area (Å²) in [6, 6.07) is 4.87. The predicted octanol–water partition coefficient (Wildman–Crippen LogP) is 2.57. The Labute approximate surface area is 57.8 Å². The van der Waals surface area contributed by atoms with E-state index in [1.807, 2.05) is 0 Å². The SMILES string of the molecule is [CH]=C(F)c1ccc(F)cc1. The van der Waals surface area contributed by atoms with Crippen LogP contribution < -0.4 is 0 Å². The number of halogens is 2. The Morgan fingerprint density at radius 1 is 1.20 bits per heavy atom. The Hall–Kier alpha value is -1.18. The van der Waals surface area contributed by atoms with Gasteiger partial charge in [0.2, 0.25) is 0 Å². The average molecular weight is 139 g/mol. The number of hydrogen-bond donors (Lipinski definition) is 0. The van der Waals surface area contributed by atoms with Crippen molar-refractivity contribution in [3.8, 4) is 0 Å². The molecule has 0 spiro atoms. The number of hydrogen-bond acceptors (Lipinski definition) is 0. The maximum absolute atomic E-state index is 12.2. The fourth-order valence-corrected chi connectivity index (χ4v) is 0.609. The van der Waals surface area contributed by atoms with Crippen molar-refractivity contribution < 1.29 is 8.78 Å². The third kappa shape index (κ3) is 1.41. The Kier molecular flexibility index (Phi) is 1.81. The Bertz CT molecular complexity index is 236.